The fourth-order valence-corrected chi connectivity index (χ4v) is 2.69. The molecule has 2 aromatic rings. The maximum Gasteiger partial charge on any atom is 0.242 e. The van der Waals surface area contributed by atoms with Crippen LogP contribution in [0, 0.1) is 6.92 Å². The largest absolute Gasteiger partial charge is 0.508 e. The average Bonchev–Trinajstić information content (AvgIpc) is 2.93. The lowest BCUT2D eigenvalue weighted by atomic mass is 10.2. The smallest absolute Gasteiger partial charge is 0.242 e. The molecule has 0 aliphatic carbocycles. The van der Waals surface area contributed by atoms with Crippen molar-refractivity contribution in [2.24, 2.45) is 0 Å². The number of anilines is 1. The SMILES string of the molecule is Cc1nccn1CC(=O)N1CCN(c2ccc(O)cc2)CC1. The Balaban J connectivity index is 1.56. The van der Waals surface area contributed by atoms with Crippen LogP contribution in [0.1, 0.15) is 5.82 Å². The Labute approximate surface area is 129 Å². The van der Waals surface area contributed by atoms with Crippen molar-refractivity contribution in [3.63, 3.8) is 0 Å². The van der Waals surface area contributed by atoms with Crippen LogP contribution < -0.4 is 4.90 Å². The molecule has 116 valence electrons. The van der Waals surface area contributed by atoms with Gasteiger partial charge in [-0.1, -0.05) is 0 Å². The first-order valence-electron chi connectivity index (χ1n) is 7.43. The third kappa shape index (κ3) is 3.05. The summed E-state index contributed by atoms with van der Waals surface area (Å²) in [6, 6.07) is 7.19. The Morgan fingerprint density at radius 3 is 2.45 bits per heavy atom. The number of carbonyl (C=O) groups is 1. The van der Waals surface area contributed by atoms with Gasteiger partial charge in [0.2, 0.25) is 5.91 Å². The van der Waals surface area contributed by atoms with Gasteiger partial charge in [0.15, 0.2) is 0 Å². The monoisotopic (exact) mass is 300 g/mol. The first-order chi connectivity index (χ1) is 10.6. The van der Waals surface area contributed by atoms with Gasteiger partial charge < -0.3 is 19.5 Å². The molecule has 1 aliphatic rings. The highest BCUT2D eigenvalue weighted by atomic mass is 16.3. The molecule has 1 aliphatic heterocycles. The van der Waals surface area contributed by atoms with E-state index in [0.717, 1.165) is 24.6 Å². The number of phenolic OH excluding ortho intramolecular Hbond substituents is 1. The summed E-state index contributed by atoms with van der Waals surface area (Å²) in [5, 5.41) is 9.34. The number of imidazole rings is 1. The van der Waals surface area contributed by atoms with Gasteiger partial charge in [-0.2, -0.15) is 0 Å². The Hall–Kier alpha value is -2.50. The summed E-state index contributed by atoms with van der Waals surface area (Å²) < 4.78 is 1.87. The fourth-order valence-electron chi connectivity index (χ4n) is 2.69. The summed E-state index contributed by atoms with van der Waals surface area (Å²) in [5.41, 5.74) is 1.08. The Morgan fingerprint density at radius 1 is 1.18 bits per heavy atom. The molecule has 0 spiro atoms. The van der Waals surface area contributed by atoms with E-state index in [-0.39, 0.29) is 11.7 Å². The van der Waals surface area contributed by atoms with Crippen molar-refractivity contribution in [3.05, 3.63) is 42.5 Å². The minimum atomic E-state index is 0.131. The van der Waals surface area contributed by atoms with Crippen molar-refractivity contribution >= 4 is 11.6 Å². The number of benzene rings is 1. The highest BCUT2D eigenvalue weighted by molar-refractivity contribution is 5.76. The summed E-state index contributed by atoms with van der Waals surface area (Å²) >= 11 is 0. The van der Waals surface area contributed by atoms with Crippen LogP contribution in [0.5, 0.6) is 5.75 Å². The van der Waals surface area contributed by atoms with E-state index in [0.29, 0.717) is 19.6 Å². The summed E-state index contributed by atoms with van der Waals surface area (Å²) in [6.07, 6.45) is 3.55. The molecule has 0 unspecified atom stereocenters. The van der Waals surface area contributed by atoms with E-state index in [1.807, 2.05) is 34.7 Å². The third-order valence-corrected chi connectivity index (χ3v) is 4.08. The second-order valence-electron chi connectivity index (χ2n) is 5.49. The minimum Gasteiger partial charge on any atom is -0.508 e. The second-order valence-corrected chi connectivity index (χ2v) is 5.49. The number of hydrogen-bond acceptors (Lipinski definition) is 4. The number of rotatable bonds is 3. The van der Waals surface area contributed by atoms with Gasteiger partial charge in [0.25, 0.3) is 0 Å². The lowest BCUT2D eigenvalue weighted by Crippen LogP contribution is -2.49. The van der Waals surface area contributed by atoms with E-state index in [2.05, 4.69) is 9.88 Å². The fraction of sp³-hybridized carbons (Fsp3) is 0.375. The molecule has 1 saturated heterocycles. The predicted molar refractivity (Wildman–Crippen MR) is 83.9 cm³/mol. The van der Waals surface area contributed by atoms with Gasteiger partial charge in [0, 0.05) is 44.3 Å². The van der Waals surface area contributed by atoms with Gasteiger partial charge in [-0.25, -0.2) is 4.98 Å². The lowest BCUT2D eigenvalue weighted by Gasteiger charge is -2.36. The van der Waals surface area contributed by atoms with Crippen LogP contribution in [0.4, 0.5) is 5.69 Å². The van der Waals surface area contributed by atoms with Crippen molar-refractivity contribution in [1.82, 2.24) is 14.5 Å². The number of carbonyl (C=O) groups excluding carboxylic acids is 1. The number of nitrogens with zero attached hydrogens (tertiary/aromatic N) is 4. The van der Waals surface area contributed by atoms with Gasteiger partial charge in [-0.05, 0) is 31.2 Å². The molecule has 3 rings (SSSR count). The van der Waals surface area contributed by atoms with Crippen molar-refractivity contribution < 1.29 is 9.90 Å². The topological polar surface area (TPSA) is 61.6 Å². The number of hydrogen-bond donors (Lipinski definition) is 1. The van der Waals surface area contributed by atoms with Crippen molar-refractivity contribution in [3.8, 4) is 5.75 Å². The zero-order valence-electron chi connectivity index (χ0n) is 12.6. The van der Waals surface area contributed by atoms with Crippen LogP contribution in [0.2, 0.25) is 0 Å². The predicted octanol–water partition coefficient (Wildman–Crippen LogP) is 1.25. The van der Waals surface area contributed by atoms with E-state index >= 15 is 0 Å². The van der Waals surface area contributed by atoms with Crippen molar-refractivity contribution in [1.29, 1.82) is 0 Å². The van der Waals surface area contributed by atoms with Crippen LogP contribution in [-0.2, 0) is 11.3 Å². The van der Waals surface area contributed by atoms with Crippen molar-refractivity contribution in [2.45, 2.75) is 13.5 Å². The number of amides is 1. The molecule has 1 aromatic carbocycles. The molecule has 0 radical (unpaired) electrons. The third-order valence-electron chi connectivity index (χ3n) is 4.08. The standard InChI is InChI=1S/C16H20N4O2/c1-13-17-6-7-20(13)12-16(22)19-10-8-18(9-11-19)14-2-4-15(21)5-3-14/h2-7,21H,8-12H2,1H3. The highest BCUT2D eigenvalue weighted by Crippen LogP contribution is 2.19. The average molecular weight is 300 g/mol. The quantitative estimate of drug-likeness (QED) is 0.926. The minimum absolute atomic E-state index is 0.131. The maximum absolute atomic E-state index is 12.3. The van der Waals surface area contributed by atoms with E-state index in [9.17, 15) is 9.90 Å². The van der Waals surface area contributed by atoms with Crippen LogP contribution in [-0.4, -0.2) is 51.6 Å². The molecule has 1 aromatic heterocycles. The lowest BCUT2D eigenvalue weighted by molar-refractivity contribution is -0.132. The number of aromatic hydroxyl groups is 1. The number of phenols is 1. The highest BCUT2D eigenvalue weighted by Gasteiger charge is 2.21. The molecular formula is C16H20N4O2. The van der Waals surface area contributed by atoms with Gasteiger partial charge >= 0.3 is 0 Å². The molecule has 1 fully saturated rings. The van der Waals surface area contributed by atoms with Gasteiger partial charge in [-0.3, -0.25) is 4.79 Å². The molecule has 6 heteroatoms. The second kappa shape index (κ2) is 6.09. The van der Waals surface area contributed by atoms with Gasteiger partial charge in [-0.15, -0.1) is 0 Å². The van der Waals surface area contributed by atoms with E-state index < -0.39 is 0 Å². The normalized spacial score (nSPS) is 15.1. The van der Waals surface area contributed by atoms with E-state index in [1.54, 1.807) is 18.3 Å². The van der Waals surface area contributed by atoms with Gasteiger partial charge in [0.05, 0.1) is 0 Å². The molecule has 1 N–H and O–H groups in total. The zero-order chi connectivity index (χ0) is 15.5. The Morgan fingerprint density at radius 2 is 1.86 bits per heavy atom. The molecule has 2 heterocycles. The molecule has 0 saturated carbocycles. The summed E-state index contributed by atoms with van der Waals surface area (Å²) in [7, 11) is 0. The molecular weight excluding hydrogens is 280 g/mol. The first-order valence-corrected chi connectivity index (χ1v) is 7.43. The number of piperazine rings is 1. The van der Waals surface area contributed by atoms with Crippen molar-refractivity contribution in [2.75, 3.05) is 31.1 Å². The maximum atomic E-state index is 12.3. The number of aryl methyl sites for hydroxylation is 1. The number of aromatic nitrogens is 2. The molecule has 0 atom stereocenters. The van der Waals surface area contributed by atoms with Gasteiger partial charge in [0.1, 0.15) is 18.1 Å². The Kier molecular flexibility index (Phi) is 4.00. The molecule has 0 bridgehead atoms. The molecule has 22 heavy (non-hydrogen) atoms. The van der Waals surface area contributed by atoms with Crippen LogP contribution in [0.25, 0.3) is 0 Å². The first kappa shape index (κ1) is 14.4. The molecule has 1 amide bonds. The van der Waals surface area contributed by atoms with E-state index in [1.165, 1.54) is 0 Å². The summed E-state index contributed by atoms with van der Waals surface area (Å²) in [6.45, 7) is 5.29. The molecule has 6 nitrogen and oxygen atoms in total. The zero-order valence-corrected chi connectivity index (χ0v) is 12.6. The Bertz CT molecular complexity index is 642. The van der Waals surface area contributed by atoms with Crippen LogP contribution in [0.3, 0.4) is 0 Å². The van der Waals surface area contributed by atoms with Crippen LogP contribution >= 0.6 is 0 Å². The van der Waals surface area contributed by atoms with Crippen LogP contribution in [0.15, 0.2) is 36.7 Å². The van der Waals surface area contributed by atoms with E-state index in [4.69, 9.17) is 0 Å². The summed E-state index contributed by atoms with van der Waals surface area (Å²) in [4.78, 5) is 20.6. The summed E-state index contributed by atoms with van der Waals surface area (Å²) in [5.74, 6) is 1.26.